The number of allylic oxidation sites excluding steroid dienone is 4. The van der Waals surface area contributed by atoms with E-state index in [0.29, 0.717) is 0 Å². The Morgan fingerprint density at radius 3 is 2.11 bits per heavy atom. The Morgan fingerprint density at radius 1 is 1.06 bits per heavy atom. The summed E-state index contributed by atoms with van der Waals surface area (Å²) in [4.78, 5) is 0. The minimum atomic E-state index is -1.51. The molecule has 1 aliphatic rings. The Bertz CT molecular complexity index is 506. The second-order valence-corrected chi connectivity index (χ2v) is 10.1. The van der Waals surface area contributed by atoms with Crippen molar-refractivity contribution >= 4 is 13.3 Å². The Balaban J connectivity index is 2.34. The van der Waals surface area contributed by atoms with E-state index in [-0.39, 0.29) is 0 Å². The van der Waals surface area contributed by atoms with Gasteiger partial charge in [-0.25, -0.2) is 0 Å². The molecule has 1 aromatic carbocycles. The Hall–Kier alpha value is -1.28. The van der Waals surface area contributed by atoms with Gasteiger partial charge in [-0.05, 0) is 32.4 Å². The Labute approximate surface area is 111 Å². The van der Waals surface area contributed by atoms with Gasteiger partial charge in [0.2, 0.25) is 0 Å². The lowest BCUT2D eigenvalue weighted by Crippen LogP contribution is -2.43. The molecular formula is C16H22OSi. The summed E-state index contributed by atoms with van der Waals surface area (Å²) in [5, 5.41) is 3.16. The van der Waals surface area contributed by atoms with Gasteiger partial charge in [0, 0.05) is 0 Å². The van der Waals surface area contributed by atoms with Crippen molar-refractivity contribution in [2.45, 2.75) is 33.4 Å². The van der Waals surface area contributed by atoms with Crippen molar-refractivity contribution < 1.29 is 4.74 Å². The summed E-state index contributed by atoms with van der Waals surface area (Å²) in [6.45, 7) is 9.37. The molecule has 1 aromatic rings. The minimum Gasteiger partial charge on any atom is -0.497 e. The molecule has 0 radical (unpaired) electrons. The highest BCUT2D eigenvalue weighted by atomic mass is 28.3. The molecule has 0 bridgehead atoms. The average Bonchev–Trinajstić information content (AvgIpc) is 2.69. The highest BCUT2D eigenvalue weighted by Gasteiger charge is 2.31. The fourth-order valence-electron chi connectivity index (χ4n) is 2.82. The fraction of sp³-hybridized carbons (Fsp3) is 0.375. The number of hydrogen-bond acceptors (Lipinski definition) is 1. The predicted octanol–water partition coefficient (Wildman–Crippen LogP) is 3.82. The van der Waals surface area contributed by atoms with Crippen LogP contribution in [0.2, 0.25) is 13.1 Å². The monoisotopic (exact) mass is 258 g/mol. The third kappa shape index (κ3) is 2.30. The third-order valence-electron chi connectivity index (χ3n) is 3.96. The van der Waals surface area contributed by atoms with Crippen LogP contribution in [0.3, 0.4) is 0 Å². The number of hydrogen-bond donors (Lipinski definition) is 0. The maximum absolute atomic E-state index is 5.24. The first kappa shape index (κ1) is 13.2. The van der Waals surface area contributed by atoms with Gasteiger partial charge in [-0.2, -0.15) is 0 Å². The Kier molecular flexibility index (Phi) is 3.49. The third-order valence-corrected chi connectivity index (χ3v) is 7.82. The van der Waals surface area contributed by atoms with Crippen molar-refractivity contribution in [3.05, 3.63) is 46.7 Å². The quantitative estimate of drug-likeness (QED) is 0.749. The van der Waals surface area contributed by atoms with Crippen molar-refractivity contribution in [2.75, 3.05) is 7.11 Å². The van der Waals surface area contributed by atoms with Crippen LogP contribution >= 0.6 is 0 Å². The maximum Gasteiger partial charge on any atom is 0.118 e. The van der Waals surface area contributed by atoms with Crippen LogP contribution in [0.15, 0.2) is 46.7 Å². The molecule has 0 N–H and O–H groups in total. The standard InChI is InChI=1S/C16H22OSi/c1-12-10-13(2)16(11-12)18(4,5)15-8-6-14(17-3)7-9-15/h6-10H,11H2,1-5H3. The highest BCUT2D eigenvalue weighted by Crippen LogP contribution is 2.32. The summed E-state index contributed by atoms with van der Waals surface area (Å²) in [5.74, 6) is 0.940. The summed E-state index contributed by atoms with van der Waals surface area (Å²) < 4.78 is 5.24. The molecule has 2 rings (SSSR count). The number of ether oxygens (including phenoxy) is 1. The minimum absolute atomic E-state index is 0.940. The zero-order chi connectivity index (χ0) is 13.3. The first-order valence-electron chi connectivity index (χ1n) is 6.47. The number of benzene rings is 1. The van der Waals surface area contributed by atoms with Gasteiger partial charge < -0.3 is 4.74 Å². The van der Waals surface area contributed by atoms with Gasteiger partial charge in [0.1, 0.15) is 13.8 Å². The topological polar surface area (TPSA) is 9.23 Å². The molecule has 1 aliphatic carbocycles. The largest absolute Gasteiger partial charge is 0.497 e. The molecule has 2 heteroatoms. The van der Waals surface area contributed by atoms with Crippen LogP contribution in [-0.2, 0) is 0 Å². The summed E-state index contributed by atoms with van der Waals surface area (Å²) in [6, 6.07) is 8.63. The molecule has 0 aromatic heterocycles. The molecule has 0 unspecified atom stereocenters. The van der Waals surface area contributed by atoms with Crippen LogP contribution in [0.5, 0.6) is 5.75 Å². The number of methoxy groups -OCH3 is 1. The zero-order valence-corrected chi connectivity index (χ0v) is 13.0. The average molecular weight is 258 g/mol. The summed E-state index contributed by atoms with van der Waals surface area (Å²) in [6.07, 6.45) is 3.50. The van der Waals surface area contributed by atoms with E-state index < -0.39 is 8.07 Å². The first-order valence-corrected chi connectivity index (χ1v) is 9.47. The van der Waals surface area contributed by atoms with E-state index in [9.17, 15) is 0 Å². The van der Waals surface area contributed by atoms with E-state index in [1.54, 1.807) is 12.3 Å². The fourth-order valence-corrected chi connectivity index (χ4v) is 5.95. The molecule has 18 heavy (non-hydrogen) atoms. The van der Waals surface area contributed by atoms with Gasteiger partial charge in [0.15, 0.2) is 0 Å². The van der Waals surface area contributed by atoms with Crippen LogP contribution in [0, 0.1) is 0 Å². The van der Waals surface area contributed by atoms with Gasteiger partial charge in [0.25, 0.3) is 0 Å². The molecule has 0 fully saturated rings. The molecule has 0 atom stereocenters. The Morgan fingerprint density at radius 2 is 1.67 bits per heavy atom. The molecule has 0 saturated carbocycles. The second kappa shape index (κ2) is 4.77. The van der Waals surface area contributed by atoms with Gasteiger partial charge in [-0.15, -0.1) is 0 Å². The van der Waals surface area contributed by atoms with Gasteiger partial charge in [-0.3, -0.25) is 0 Å². The van der Waals surface area contributed by atoms with E-state index in [1.807, 2.05) is 0 Å². The highest BCUT2D eigenvalue weighted by molar-refractivity contribution is 6.95. The van der Waals surface area contributed by atoms with Gasteiger partial charge in [0.05, 0.1) is 7.11 Å². The molecule has 0 heterocycles. The predicted molar refractivity (Wildman–Crippen MR) is 81.2 cm³/mol. The van der Waals surface area contributed by atoms with E-state index in [2.05, 4.69) is 57.3 Å². The smallest absolute Gasteiger partial charge is 0.118 e. The van der Waals surface area contributed by atoms with Crippen LogP contribution < -0.4 is 9.92 Å². The molecule has 96 valence electrons. The molecular weight excluding hydrogens is 236 g/mol. The molecule has 1 nitrogen and oxygen atoms in total. The molecule has 0 amide bonds. The maximum atomic E-state index is 5.24. The SMILES string of the molecule is COc1ccc([Si](C)(C)C2=C(C)C=C(C)C2)cc1. The van der Waals surface area contributed by atoms with Gasteiger partial charge in [-0.1, -0.05) is 52.8 Å². The molecule has 0 spiro atoms. The van der Waals surface area contributed by atoms with E-state index in [0.717, 1.165) is 12.2 Å². The van der Waals surface area contributed by atoms with Crippen LogP contribution in [0.25, 0.3) is 0 Å². The van der Waals surface area contributed by atoms with Crippen LogP contribution in [0.1, 0.15) is 20.3 Å². The van der Waals surface area contributed by atoms with Crippen molar-refractivity contribution in [3.63, 3.8) is 0 Å². The lowest BCUT2D eigenvalue weighted by molar-refractivity contribution is 0.415. The molecule has 0 saturated heterocycles. The van der Waals surface area contributed by atoms with Crippen molar-refractivity contribution in [1.29, 1.82) is 0 Å². The molecule has 0 aliphatic heterocycles. The summed E-state index contributed by atoms with van der Waals surface area (Å²) in [7, 11) is 0.202. The van der Waals surface area contributed by atoms with Gasteiger partial charge >= 0.3 is 0 Å². The lowest BCUT2D eigenvalue weighted by atomic mass is 10.3. The normalized spacial score (nSPS) is 15.9. The van der Waals surface area contributed by atoms with E-state index >= 15 is 0 Å². The van der Waals surface area contributed by atoms with Crippen molar-refractivity contribution in [2.24, 2.45) is 0 Å². The summed E-state index contributed by atoms with van der Waals surface area (Å²) in [5.41, 5.74) is 2.98. The zero-order valence-electron chi connectivity index (χ0n) is 12.0. The van der Waals surface area contributed by atoms with E-state index in [1.165, 1.54) is 16.3 Å². The van der Waals surface area contributed by atoms with Crippen molar-refractivity contribution in [1.82, 2.24) is 0 Å². The number of rotatable bonds is 3. The van der Waals surface area contributed by atoms with Crippen molar-refractivity contribution in [3.8, 4) is 5.75 Å². The first-order chi connectivity index (χ1) is 8.45. The van der Waals surface area contributed by atoms with Crippen LogP contribution in [0.4, 0.5) is 0 Å². The lowest BCUT2D eigenvalue weighted by Gasteiger charge is -2.26. The van der Waals surface area contributed by atoms with E-state index in [4.69, 9.17) is 4.74 Å². The van der Waals surface area contributed by atoms with Crippen LogP contribution in [-0.4, -0.2) is 15.2 Å². The summed E-state index contributed by atoms with van der Waals surface area (Å²) >= 11 is 0. The second-order valence-electron chi connectivity index (χ2n) is 5.68.